The van der Waals surface area contributed by atoms with E-state index >= 15 is 0 Å². The van der Waals surface area contributed by atoms with E-state index in [1.807, 2.05) is 36.4 Å². The number of benzene rings is 2. The summed E-state index contributed by atoms with van der Waals surface area (Å²) in [5.74, 6) is 6.97. The van der Waals surface area contributed by atoms with Crippen LogP contribution in [0.15, 0.2) is 45.3 Å². The molecule has 2 unspecified atom stereocenters. The maximum Gasteiger partial charge on any atom is 0.177 e. The summed E-state index contributed by atoms with van der Waals surface area (Å²) in [5.41, 5.74) is 9.33. The molecule has 2 atom stereocenters. The van der Waals surface area contributed by atoms with Gasteiger partial charge in [0, 0.05) is 31.2 Å². The van der Waals surface area contributed by atoms with Crippen LogP contribution in [0.2, 0.25) is 33.2 Å². The quantitative estimate of drug-likeness (QED) is 0.230. The summed E-state index contributed by atoms with van der Waals surface area (Å²) >= 11 is 7.30. The maximum atomic E-state index is 12.8. The van der Waals surface area contributed by atoms with Crippen LogP contribution in [0.1, 0.15) is 105 Å². The van der Waals surface area contributed by atoms with Gasteiger partial charge < -0.3 is 10.2 Å². The van der Waals surface area contributed by atoms with Gasteiger partial charge in [-0.25, -0.2) is 0 Å². The van der Waals surface area contributed by atoms with Gasteiger partial charge in [0.2, 0.25) is 0 Å². The van der Waals surface area contributed by atoms with Gasteiger partial charge in [0.1, 0.15) is 16.1 Å². The minimum Gasteiger partial charge on any atom is -0.369 e. The fourth-order valence-electron chi connectivity index (χ4n) is 8.09. The third kappa shape index (κ3) is 5.70. The summed E-state index contributed by atoms with van der Waals surface area (Å²) in [5, 5.41) is 25.6. The van der Waals surface area contributed by atoms with Crippen LogP contribution >= 0.6 is 31.9 Å². The monoisotopic (exact) mass is 728 g/mol. The molecule has 0 aromatic heterocycles. The van der Waals surface area contributed by atoms with Gasteiger partial charge in [-0.3, -0.25) is 0 Å². The number of hydrogen-bond donors (Lipinski definition) is 2. The Morgan fingerprint density at radius 3 is 1.00 bits per heavy atom. The van der Waals surface area contributed by atoms with Crippen LogP contribution < -0.4 is 0 Å². The van der Waals surface area contributed by atoms with Crippen LogP contribution in [-0.4, -0.2) is 26.4 Å². The molecule has 2 N–H and O–H groups in total. The van der Waals surface area contributed by atoms with E-state index in [1.54, 1.807) is 0 Å². The highest BCUT2D eigenvalue weighted by Gasteiger charge is 2.50. The Hall–Kier alpha value is -1.13. The smallest absolute Gasteiger partial charge is 0.177 e. The summed E-state index contributed by atoms with van der Waals surface area (Å²) in [4.78, 5) is 0. The molecule has 0 bridgehead atoms. The summed E-state index contributed by atoms with van der Waals surface area (Å²) in [6, 6.07) is 11.5. The van der Waals surface area contributed by atoms with Crippen molar-refractivity contribution in [1.82, 2.24) is 0 Å². The normalized spacial score (nSPS) is 20.5. The summed E-state index contributed by atoms with van der Waals surface area (Å²) in [7, 11) is -4.33. The van der Waals surface area contributed by atoms with Crippen LogP contribution in [0.25, 0.3) is 0 Å². The number of fused-ring (bicyclic) bond motifs is 2. The molecule has 2 nitrogen and oxygen atoms in total. The van der Waals surface area contributed by atoms with E-state index in [-0.39, 0.29) is 0 Å². The summed E-state index contributed by atoms with van der Waals surface area (Å²) in [6.45, 7) is 27.4. The van der Waals surface area contributed by atoms with Crippen LogP contribution in [0.4, 0.5) is 0 Å². The zero-order valence-corrected chi connectivity index (χ0v) is 32.8. The molecule has 2 aromatic carbocycles. The summed E-state index contributed by atoms with van der Waals surface area (Å²) in [6.07, 6.45) is 0. The van der Waals surface area contributed by atoms with Crippen molar-refractivity contribution in [2.75, 3.05) is 0 Å². The zero-order chi connectivity index (χ0) is 32.0. The second kappa shape index (κ2) is 12.7. The molecule has 0 radical (unpaired) electrons. The van der Waals surface area contributed by atoms with Crippen molar-refractivity contribution in [3.63, 3.8) is 0 Å². The third-order valence-electron chi connectivity index (χ3n) is 10.2. The average molecular weight is 731 g/mol. The van der Waals surface area contributed by atoms with Gasteiger partial charge in [0.25, 0.3) is 0 Å². The Morgan fingerprint density at radius 1 is 0.500 bits per heavy atom. The van der Waals surface area contributed by atoms with Crippen molar-refractivity contribution >= 4 is 48.0 Å². The van der Waals surface area contributed by atoms with Crippen molar-refractivity contribution in [3.05, 3.63) is 67.6 Å². The van der Waals surface area contributed by atoms with E-state index < -0.39 is 27.3 Å². The van der Waals surface area contributed by atoms with E-state index in [1.165, 1.54) is 0 Å². The molecule has 42 heavy (non-hydrogen) atoms. The summed E-state index contributed by atoms with van der Waals surface area (Å²) < 4.78 is 1.65. The van der Waals surface area contributed by atoms with Gasteiger partial charge in [0.15, 0.2) is 11.2 Å². The van der Waals surface area contributed by atoms with Crippen molar-refractivity contribution in [2.45, 2.75) is 128 Å². The molecule has 2 aromatic rings. The molecule has 3 rings (SSSR count). The van der Waals surface area contributed by atoms with Crippen LogP contribution in [-0.2, 0) is 11.2 Å². The van der Waals surface area contributed by atoms with E-state index in [2.05, 4.69) is 138 Å². The topological polar surface area (TPSA) is 40.5 Å². The number of rotatable bonds is 6. The van der Waals surface area contributed by atoms with E-state index in [0.717, 1.165) is 8.95 Å². The van der Waals surface area contributed by atoms with Gasteiger partial charge in [0.05, 0.1) is 0 Å². The molecule has 0 saturated carbocycles. The molecule has 1 aliphatic carbocycles. The van der Waals surface area contributed by atoms with E-state index in [0.29, 0.717) is 55.5 Å². The van der Waals surface area contributed by atoms with Crippen molar-refractivity contribution in [3.8, 4) is 22.9 Å². The molecule has 0 heterocycles. The fourth-order valence-corrected chi connectivity index (χ4v) is 19.3. The Labute approximate surface area is 274 Å². The molecule has 0 amide bonds. The van der Waals surface area contributed by atoms with Crippen LogP contribution in [0, 0.1) is 22.9 Å². The minimum atomic E-state index is -2.17. The Balaban J connectivity index is 2.49. The minimum absolute atomic E-state index is 0.424. The van der Waals surface area contributed by atoms with Crippen LogP contribution in [0.5, 0.6) is 0 Å². The van der Waals surface area contributed by atoms with Crippen molar-refractivity contribution < 1.29 is 10.2 Å². The zero-order valence-electron chi connectivity index (χ0n) is 27.6. The molecule has 0 aliphatic heterocycles. The van der Waals surface area contributed by atoms with E-state index in [9.17, 15) is 10.2 Å². The molecule has 6 heteroatoms. The van der Waals surface area contributed by atoms with Crippen molar-refractivity contribution in [1.29, 1.82) is 0 Å². The van der Waals surface area contributed by atoms with Gasteiger partial charge in [-0.15, -0.1) is 11.1 Å². The first-order valence-corrected chi connectivity index (χ1v) is 21.5. The molecular weight excluding hydrogens is 680 g/mol. The second-order valence-electron chi connectivity index (χ2n) is 14.1. The fraction of sp³-hybridized carbons (Fsp3) is 0.556. The molecular formula is C36H50Br2O2Si2. The molecule has 0 spiro atoms. The lowest BCUT2D eigenvalue weighted by Gasteiger charge is -2.42. The maximum absolute atomic E-state index is 12.8. The highest BCUT2D eigenvalue weighted by Crippen LogP contribution is 2.50. The lowest BCUT2D eigenvalue weighted by atomic mass is 9.68. The lowest BCUT2D eigenvalue weighted by molar-refractivity contribution is 0.0943. The van der Waals surface area contributed by atoms with Gasteiger partial charge in [-0.2, -0.15) is 0 Å². The number of halogens is 2. The number of aliphatic hydroxyl groups is 2. The Kier molecular flexibility index (Phi) is 10.7. The highest BCUT2D eigenvalue weighted by molar-refractivity contribution is 9.10. The molecule has 0 saturated heterocycles. The first-order chi connectivity index (χ1) is 19.3. The van der Waals surface area contributed by atoms with Crippen molar-refractivity contribution in [2.24, 2.45) is 0 Å². The Morgan fingerprint density at radius 2 is 0.762 bits per heavy atom. The predicted octanol–water partition coefficient (Wildman–Crippen LogP) is 10.4. The van der Waals surface area contributed by atoms with E-state index in [4.69, 9.17) is 0 Å². The van der Waals surface area contributed by atoms with Gasteiger partial charge >= 0.3 is 0 Å². The van der Waals surface area contributed by atoms with Gasteiger partial charge in [-0.05, 0) is 57.5 Å². The standard InChI is InChI=1S/C36H50Br2O2Si2/c1-23(2)41(24(3)4,25(5)6)19-17-35(39)31-15-13-30(38)22-34(31)36(40,32-16-14-29(37)21-33(32)35)18-20-42(26(7)8,27(9)10)28(11)12/h13-16,21-28,39-40H,1-12H3. The predicted molar refractivity (Wildman–Crippen MR) is 192 cm³/mol. The number of hydrogen-bond acceptors (Lipinski definition) is 2. The second-order valence-corrected chi connectivity index (χ2v) is 27.1. The highest BCUT2D eigenvalue weighted by atomic mass is 79.9. The SMILES string of the molecule is CC(C)[Si](C#CC1(O)c2ccc(Br)cc2C(O)(C#C[Si](C(C)C)(C(C)C)C(C)C)c2ccc(Br)cc21)(C(C)C)C(C)C. The Bertz CT molecular complexity index is 1280. The molecule has 1 aliphatic rings. The molecule has 228 valence electrons. The third-order valence-corrected chi connectivity index (χ3v) is 23.7. The first kappa shape index (κ1) is 35.4. The average Bonchev–Trinajstić information content (AvgIpc) is 2.87. The van der Waals surface area contributed by atoms with Gasteiger partial charge in [-0.1, -0.05) is 139 Å². The van der Waals surface area contributed by atoms with Crippen LogP contribution in [0.3, 0.4) is 0 Å². The lowest BCUT2D eigenvalue weighted by Crippen LogP contribution is -2.46. The first-order valence-electron chi connectivity index (χ1n) is 15.5. The molecule has 0 fully saturated rings. The largest absolute Gasteiger partial charge is 0.369 e.